The molecule has 0 amide bonds. The zero-order valence-electron chi connectivity index (χ0n) is 7.73. The van der Waals surface area contributed by atoms with Gasteiger partial charge in [-0.1, -0.05) is 6.92 Å². The molecule has 1 nitrogen and oxygen atoms in total. The van der Waals surface area contributed by atoms with Crippen LogP contribution in [0, 0.1) is 17.6 Å². The summed E-state index contributed by atoms with van der Waals surface area (Å²) in [7, 11) is 0. The Morgan fingerprint density at radius 2 is 1.93 bits per heavy atom. The molecule has 0 bridgehead atoms. The largest absolute Gasteiger partial charge is 0.368 e. The number of hydrogen-bond acceptors (Lipinski definition) is 1. The molecule has 14 heavy (non-hydrogen) atoms. The highest BCUT2D eigenvalue weighted by Gasteiger charge is 2.25. The number of hydrogen-bond donors (Lipinski definition) is 0. The fourth-order valence-corrected chi connectivity index (χ4v) is 1.97. The lowest BCUT2D eigenvalue weighted by Crippen LogP contribution is -2.45. The summed E-state index contributed by atoms with van der Waals surface area (Å²) in [6.45, 7) is 3.69. The van der Waals surface area contributed by atoms with Crippen molar-refractivity contribution in [3.63, 3.8) is 0 Å². The summed E-state index contributed by atoms with van der Waals surface area (Å²) in [6, 6.07) is 2.42. The number of benzene rings is 1. The van der Waals surface area contributed by atoms with Crippen molar-refractivity contribution in [1.29, 1.82) is 0 Å². The first-order chi connectivity index (χ1) is 6.58. The normalized spacial score (nSPS) is 17.0. The van der Waals surface area contributed by atoms with Crippen molar-refractivity contribution in [3.05, 3.63) is 28.2 Å². The van der Waals surface area contributed by atoms with Crippen LogP contribution in [0.15, 0.2) is 16.6 Å². The highest BCUT2D eigenvalue weighted by atomic mass is 79.9. The third-order valence-electron chi connectivity index (χ3n) is 2.39. The maximum absolute atomic E-state index is 13.4. The summed E-state index contributed by atoms with van der Waals surface area (Å²) in [6.07, 6.45) is 0. The molecule has 1 heterocycles. The molecule has 1 saturated heterocycles. The Kier molecular flexibility index (Phi) is 2.47. The minimum Gasteiger partial charge on any atom is -0.368 e. The Bertz CT molecular complexity index is 361. The molecule has 0 saturated carbocycles. The van der Waals surface area contributed by atoms with Crippen LogP contribution in [0.2, 0.25) is 0 Å². The fourth-order valence-electron chi connectivity index (χ4n) is 1.65. The Hall–Kier alpha value is -0.640. The van der Waals surface area contributed by atoms with Crippen LogP contribution >= 0.6 is 15.9 Å². The second-order valence-electron chi connectivity index (χ2n) is 3.73. The first-order valence-electron chi connectivity index (χ1n) is 4.47. The lowest BCUT2D eigenvalue weighted by molar-refractivity contribution is 0.437. The van der Waals surface area contributed by atoms with Gasteiger partial charge in [-0.3, -0.25) is 0 Å². The summed E-state index contributed by atoms with van der Waals surface area (Å²) in [4.78, 5) is 1.84. The summed E-state index contributed by atoms with van der Waals surface area (Å²) in [5.41, 5.74) is 0.365. The standard InChI is InChI=1S/C10H10BrF2N/c1-6-4-14(5-6)10-3-8(12)7(11)2-9(10)13/h2-3,6H,4-5H2,1H3. The molecular weight excluding hydrogens is 252 g/mol. The van der Waals surface area contributed by atoms with Gasteiger partial charge in [0.05, 0.1) is 10.2 Å². The first-order valence-corrected chi connectivity index (χ1v) is 5.26. The topological polar surface area (TPSA) is 3.24 Å². The van der Waals surface area contributed by atoms with E-state index in [1.165, 1.54) is 12.1 Å². The van der Waals surface area contributed by atoms with Gasteiger partial charge in [-0.25, -0.2) is 8.78 Å². The molecule has 4 heteroatoms. The maximum atomic E-state index is 13.4. The van der Waals surface area contributed by atoms with E-state index in [0.717, 1.165) is 13.1 Å². The quantitative estimate of drug-likeness (QED) is 0.702. The lowest BCUT2D eigenvalue weighted by Gasteiger charge is -2.39. The van der Waals surface area contributed by atoms with Gasteiger partial charge < -0.3 is 4.90 Å². The van der Waals surface area contributed by atoms with Crippen molar-refractivity contribution >= 4 is 21.6 Å². The molecule has 1 aromatic carbocycles. The van der Waals surface area contributed by atoms with Crippen molar-refractivity contribution in [2.24, 2.45) is 5.92 Å². The van der Waals surface area contributed by atoms with Gasteiger partial charge in [0, 0.05) is 19.2 Å². The highest BCUT2D eigenvalue weighted by Crippen LogP contribution is 2.30. The Morgan fingerprint density at radius 1 is 1.29 bits per heavy atom. The molecule has 1 fully saturated rings. The summed E-state index contributed by atoms with van der Waals surface area (Å²) in [5.74, 6) is -0.216. The van der Waals surface area contributed by atoms with Gasteiger partial charge >= 0.3 is 0 Å². The molecule has 0 N–H and O–H groups in total. The predicted molar refractivity (Wildman–Crippen MR) is 55.4 cm³/mol. The van der Waals surface area contributed by atoms with Crippen LogP contribution in [0.25, 0.3) is 0 Å². The number of nitrogens with zero attached hydrogens (tertiary/aromatic N) is 1. The SMILES string of the molecule is CC1CN(c2cc(F)c(Br)cc2F)C1. The second-order valence-corrected chi connectivity index (χ2v) is 4.58. The van der Waals surface area contributed by atoms with Crippen LogP contribution in [0.5, 0.6) is 0 Å². The van der Waals surface area contributed by atoms with Gasteiger partial charge in [0.2, 0.25) is 0 Å². The molecule has 1 aromatic rings. The van der Waals surface area contributed by atoms with E-state index in [2.05, 4.69) is 22.9 Å². The third kappa shape index (κ3) is 1.63. The van der Waals surface area contributed by atoms with E-state index in [9.17, 15) is 8.78 Å². The molecule has 0 spiro atoms. The lowest BCUT2D eigenvalue weighted by atomic mass is 10.0. The zero-order valence-corrected chi connectivity index (χ0v) is 9.31. The van der Waals surface area contributed by atoms with E-state index in [1.54, 1.807) is 0 Å². The van der Waals surface area contributed by atoms with Gasteiger partial charge in [0.25, 0.3) is 0 Å². The molecule has 1 aliphatic rings. The van der Waals surface area contributed by atoms with Crippen molar-refractivity contribution in [1.82, 2.24) is 0 Å². The Morgan fingerprint density at radius 3 is 2.50 bits per heavy atom. The maximum Gasteiger partial charge on any atom is 0.147 e. The average molecular weight is 262 g/mol. The van der Waals surface area contributed by atoms with Crippen molar-refractivity contribution in [2.75, 3.05) is 18.0 Å². The first kappa shape index (κ1) is 9.90. The summed E-state index contributed by atoms with van der Waals surface area (Å²) < 4.78 is 26.7. The van der Waals surface area contributed by atoms with Crippen LogP contribution in [-0.2, 0) is 0 Å². The van der Waals surface area contributed by atoms with Gasteiger partial charge in [-0.2, -0.15) is 0 Å². The van der Waals surface area contributed by atoms with Crippen LogP contribution in [0.4, 0.5) is 14.5 Å². The van der Waals surface area contributed by atoms with E-state index in [1.807, 2.05) is 4.90 Å². The summed E-state index contributed by atoms with van der Waals surface area (Å²) in [5, 5.41) is 0. The molecule has 0 aromatic heterocycles. The molecule has 0 radical (unpaired) electrons. The molecule has 0 atom stereocenters. The second kappa shape index (κ2) is 3.50. The minimum absolute atomic E-state index is 0.173. The molecule has 0 unspecified atom stereocenters. The number of anilines is 1. The van der Waals surface area contributed by atoms with Gasteiger partial charge in [-0.05, 0) is 27.9 Å². The monoisotopic (exact) mass is 261 g/mol. The Balaban J connectivity index is 2.30. The Labute approximate surface area is 89.8 Å². The number of rotatable bonds is 1. The number of halogens is 3. The average Bonchev–Trinajstić information content (AvgIpc) is 2.07. The fraction of sp³-hybridized carbons (Fsp3) is 0.400. The third-order valence-corrected chi connectivity index (χ3v) is 3.00. The van der Waals surface area contributed by atoms with E-state index in [4.69, 9.17) is 0 Å². The smallest absolute Gasteiger partial charge is 0.147 e. The van der Waals surface area contributed by atoms with Gasteiger partial charge in [0.15, 0.2) is 0 Å². The van der Waals surface area contributed by atoms with E-state index in [0.29, 0.717) is 11.6 Å². The van der Waals surface area contributed by atoms with E-state index in [-0.39, 0.29) is 10.3 Å². The van der Waals surface area contributed by atoms with E-state index < -0.39 is 5.82 Å². The summed E-state index contributed by atoms with van der Waals surface area (Å²) >= 11 is 2.95. The zero-order chi connectivity index (χ0) is 10.3. The molecule has 76 valence electrons. The molecule has 1 aliphatic heterocycles. The van der Waals surface area contributed by atoms with Crippen LogP contribution in [0.1, 0.15) is 6.92 Å². The van der Waals surface area contributed by atoms with E-state index >= 15 is 0 Å². The minimum atomic E-state index is -0.416. The van der Waals surface area contributed by atoms with Crippen LogP contribution < -0.4 is 4.90 Å². The molecule has 0 aliphatic carbocycles. The van der Waals surface area contributed by atoms with Gasteiger partial charge in [-0.15, -0.1) is 0 Å². The molecular formula is C10H10BrF2N. The predicted octanol–water partition coefficient (Wildman–Crippen LogP) is 3.18. The molecule has 2 rings (SSSR count). The van der Waals surface area contributed by atoms with Crippen molar-refractivity contribution < 1.29 is 8.78 Å². The van der Waals surface area contributed by atoms with Crippen molar-refractivity contribution in [2.45, 2.75) is 6.92 Å². The van der Waals surface area contributed by atoms with Crippen LogP contribution in [0.3, 0.4) is 0 Å². The highest BCUT2D eigenvalue weighted by molar-refractivity contribution is 9.10. The van der Waals surface area contributed by atoms with Crippen molar-refractivity contribution in [3.8, 4) is 0 Å². The van der Waals surface area contributed by atoms with Gasteiger partial charge in [0.1, 0.15) is 11.6 Å². The van der Waals surface area contributed by atoms with Crippen LogP contribution in [-0.4, -0.2) is 13.1 Å².